The van der Waals surface area contributed by atoms with Gasteiger partial charge in [-0.15, -0.1) is 11.3 Å². The lowest BCUT2D eigenvalue weighted by Crippen LogP contribution is -2.35. The van der Waals surface area contributed by atoms with Crippen molar-refractivity contribution in [3.05, 3.63) is 46.1 Å². The first-order valence-electron chi connectivity index (χ1n) is 7.30. The van der Waals surface area contributed by atoms with Gasteiger partial charge in [0.15, 0.2) is 6.61 Å². The maximum absolute atomic E-state index is 13.3. The van der Waals surface area contributed by atoms with Crippen molar-refractivity contribution in [2.75, 3.05) is 19.7 Å². The number of nitrogens with zero attached hydrogens (tertiary/aromatic N) is 1. The molecule has 0 unspecified atom stereocenters. The average molecular weight is 370 g/mol. The molecule has 1 heterocycles. The molecule has 0 aliphatic carbocycles. The number of benzene rings is 1. The summed E-state index contributed by atoms with van der Waals surface area (Å²) in [6, 6.07) is 4.09. The van der Waals surface area contributed by atoms with Crippen LogP contribution in [-0.4, -0.2) is 36.5 Å². The highest BCUT2D eigenvalue weighted by atomic mass is 35.5. The van der Waals surface area contributed by atoms with Crippen molar-refractivity contribution in [3.63, 3.8) is 0 Å². The molecular weight excluding hydrogens is 353 g/mol. The van der Waals surface area contributed by atoms with Gasteiger partial charge in [-0.05, 0) is 32.0 Å². The molecule has 2 rings (SSSR count). The fourth-order valence-corrected chi connectivity index (χ4v) is 3.58. The number of hydrogen-bond donors (Lipinski definition) is 0. The van der Waals surface area contributed by atoms with Crippen molar-refractivity contribution < 1.29 is 18.7 Å². The minimum Gasteiger partial charge on any atom is -0.451 e. The third kappa shape index (κ3) is 4.13. The zero-order valence-corrected chi connectivity index (χ0v) is 15.0. The summed E-state index contributed by atoms with van der Waals surface area (Å²) in [7, 11) is 0. The molecule has 0 aliphatic rings. The molecule has 24 heavy (non-hydrogen) atoms. The minimum atomic E-state index is -0.693. The number of hydrogen-bond acceptors (Lipinski definition) is 4. The average Bonchev–Trinajstić information content (AvgIpc) is 2.86. The molecular formula is C17H17ClFNO3S. The summed E-state index contributed by atoms with van der Waals surface area (Å²) in [4.78, 5) is 26.0. The number of thiophene rings is 1. The van der Waals surface area contributed by atoms with E-state index in [4.69, 9.17) is 16.3 Å². The Labute approximate surface area is 148 Å². The standard InChI is InChI=1S/C17H17ClFNO3S/c1-4-20(8-10(2)3)14(21)9-23-17(22)16-15(18)12-6-5-11(19)7-13(12)24-16/h5-7H,2,4,8-9H2,1,3H3. The van der Waals surface area contributed by atoms with E-state index in [1.165, 1.54) is 23.1 Å². The zero-order chi connectivity index (χ0) is 17.9. The Hall–Kier alpha value is -1.92. The fourth-order valence-electron chi connectivity index (χ4n) is 2.16. The van der Waals surface area contributed by atoms with Crippen LogP contribution in [0.3, 0.4) is 0 Å². The van der Waals surface area contributed by atoms with Gasteiger partial charge in [-0.1, -0.05) is 23.8 Å². The Bertz CT molecular complexity index is 802. The molecule has 128 valence electrons. The molecule has 0 fully saturated rings. The van der Waals surface area contributed by atoms with E-state index in [0.717, 1.165) is 16.9 Å². The van der Waals surface area contributed by atoms with Gasteiger partial charge >= 0.3 is 5.97 Å². The largest absolute Gasteiger partial charge is 0.451 e. The van der Waals surface area contributed by atoms with Crippen molar-refractivity contribution >= 4 is 44.9 Å². The Morgan fingerprint density at radius 2 is 2.12 bits per heavy atom. The lowest BCUT2D eigenvalue weighted by molar-refractivity contribution is -0.133. The number of carbonyl (C=O) groups excluding carboxylic acids is 2. The first-order chi connectivity index (χ1) is 11.3. The molecule has 0 saturated carbocycles. The SMILES string of the molecule is C=C(C)CN(CC)C(=O)COC(=O)c1sc2cc(F)ccc2c1Cl. The quantitative estimate of drug-likeness (QED) is 0.564. The van der Waals surface area contributed by atoms with E-state index in [1.807, 2.05) is 13.8 Å². The van der Waals surface area contributed by atoms with E-state index in [1.54, 1.807) is 0 Å². The van der Waals surface area contributed by atoms with Gasteiger partial charge in [0.1, 0.15) is 10.7 Å². The summed E-state index contributed by atoms with van der Waals surface area (Å²) in [6.07, 6.45) is 0. The highest BCUT2D eigenvalue weighted by molar-refractivity contribution is 7.21. The predicted octanol–water partition coefficient (Wildman–Crippen LogP) is 4.28. The lowest BCUT2D eigenvalue weighted by atomic mass is 10.2. The van der Waals surface area contributed by atoms with Crippen molar-refractivity contribution in [2.24, 2.45) is 0 Å². The first-order valence-corrected chi connectivity index (χ1v) is 8.49. The molecule has 4 nitrogen and oxygen atoms in total. The van der Waals surface area contributed by atoms with Gasteiger partial charge in [0.2, 0.25) is 0 Å². The molecule has 7 heteroatoms. The summed E-state index contributed by atoms with van der Waals surface area (Å²) in [5.41, 5.74) is 0.839. The van der Waals surface area contributed by atoms with E-state index >= 15 is 0 Å². The number of esters is 1. The molecule has 0 radical (unpaired) electrons. The number of likely N-dealkylation sites (N-methyl/N-ethyl adjacent to an activating group) is 1. The van der Waals surface area contributed by atoms with Crippen LogP contribution in [-0.2, 0) is 9.53 Å². The molecule has 0 N–H and O–H groups in total. The van der Waals surface area contributed by atoms with Crippen molar-refractivity contribution in [3.8, 4) is 0 Å². The Morgan fingerprint density at radius 3 is 2.75 bits per heavy atom. The van der Waals surface area contributed by atoms with E-state index in [2.05, 4.69) is 6.58 Å². The summed E-state index contributed by atoms with van der Waals surface area (Å²) in [5, 5.41) is 0.792. The number of carbonyl (C=O) groups is 2. The molecule has 1 aromatic heterocycles. The molecule has 1 amide bonds. The third-order valence-corrected chi connectivity index (χ3v) is 4.94. The van der Waals surface area contributed by atoms with Gasteiger partial charge in [0.05, 0.1) is 5.02 Å². The van der Waals surface area contributed by atoms with Gasteiger partial charge in [-0.2, -0.15) is 0 Å². The van der Waals surface area contributed by atoms with Crippen molar-refractivity contribution in [1.82, 2.24) is 4.90 Å². The molecule has 0 spiro atoms. The normalized spacial score (nSPS) is 10.7. The van der Waals surface area contributed by atoms with Crippen LogP contribution in [0.2, 0.25) is 5.02 Å². The second-order valence-electron chi connectivity index (χ2n) is 5.33. The van der Waals surface area contributed by atoms with Crippen LogP contribution in [0.5, 0.6) is 0 Å². The minimum absolute atomic E-state index is 0.160. The van der Waals surface area contributed by atoms with Gasteiger partial charge in [-0.3, -0.25) is 4.79 Å². The topological polar surface area (TPSA) is 46.6 Å². The highest BCUT2D eigenvalue weighted by Gasteiger charge is 2.21. The predicted molar refractivity (Wildman–Crippen MR) is 94.1 cm³/mol. The van der Waals surface area contributed by atoms with E-state index in [9.17, 15) is 14.0 Å². The van der Waals surface area contributed by atoms with Gasteiger partial charge in [0, 0.05) is 23.2 Å². The molecule has 1 aromatic carbocycles. The van der Waals surface area contributed by atoms with E-state index in [0.29, 0.717) is 23.2 Å². The second kappa shape index (κ2) is 7.77. The van der Waals surface area contributed by atoms with E-state index < -0.39 is 11.8 Å². The second-order valence-corrected chi connectivity index (χ2v) is 6.76. The molecule has 0 saturated heterocycles. The summed E-state index contributed by atoms with van der Waals surface area (Å²) >= 11 is 7.20. The van der Waals surface area contributed by atoms with Crippen LogP contribution in [0.15, 0.2) is 30.4 Å². The highest BCUT2D eigenvalue weighted by Crippen LogP contribution is 2.36. The van der Waals surface area contributed by atoms with Crippen LogP contribution in [0, 0.1) is 5.82 Å². The molecule has 0 atom stereocenters. The van der Waals surface area contributed by atoms with Gasteiger partial charge in [-0.25, -0.2) is 9.18 Å². The summed E-state index contributed by atoms with van der Waals surface area (Å²) < 4.78 is 18.9. The first kappa shape index (κ1) is 18.4. The maximum Gasteiger partial charge on any atom is 0.350 e. The third-order valence-electron chi connectivity index (χ3n) is 3.30. The summed E-state index contributed by atoms with van der Waals surface area (Å²) in [5.74, 6) is -1.41. The van der Waals surface area contributed by atoms with E-state index in [-0.39, 0.29) is 22.4 Å². The van der Waals surface area contributed by atoms with Crippen molar-refractivity contribution in [2.45, 2.75) is 13.8 Å². The zero-order valence-electron chi connectivity index (χ0n) is 13.4. The number of fused-ring (bicyclic) bond motifs is 1. The lowest BCUT2D eigenvalue weighted by Gasteiger charge is -2.20. The Kier molecular flexibility index (Phi) is 5.96. The fraction of sp³-hybridized carbons (Fsp3) is 0.294. The molecule has 0 aliphatic heterocycles. The number of rotatable bonds is 6. The number of halogens is 2. The van der Waals surface area contributed by atoms with Crippen LogP contribution in [0.1, 0.15) is 23.5 Å². The summed E-state index contributed by atoms with van der Waals surface area (Å²) in [6.45, 7) is 7.94. The van der Waals surface area contributed by atoms with Crippen molar-refractivity contribution in [1.29, 1.82) is 0 Å². The van der Waals surface area contributed by atoms with Crippen LogP contribution in [0.25, 0.3) is 10.1 Å². The van der Waals surface area contributed by atoms with Gasteiger partial charge < -0.3 is 9.64 Å². The van der Waals surface area contributed by atoms with Crippen LogP contribution >= 0.6 is 22.9 Å². The number of amides is 1. The smallest absolute Gasteiger partial charge is 0.350 e. The Balaban J connectivity index is 2.09. The van der Waals surface area contributed by atoms with Gasteiger partial charge in [0.25, 0.3) is 5.91 Å². The van der Waals surface area contributed by atoms with Crippen LogP contribution in [0.4, 0.5) is 4.39 Å². The monoisotopic (exact) mass is 369 g/mol. The Morgan fingerprint density at radius 1 is 1.42 bits per heavy atom. The maximum atomic E-state index is 13.3. The molecule has 2 aromatic rings. The van der Waals surface area contributed by atoms with Crippen LogP contribution < -0.4 is 0 Å². The number of ether oxygens (including phenoxy) is 1. The molecule has 0 bridgehead atoms.